The molecule has 0 fully saturated rings. The summed E-state index contributed by atoms with van der Waals surface area (Å²) < 4.78 is 11.1. The van der Waals surface area contributed by atoms with E-state index in [1.165, 1.54) is 6.92 Å². The van der Waals surface area contributed by atoms with Gasteiger partial charge in [-0.1, -0.05) is 42.5 Å². The lowest BCUT2D eigenvalue weighted by atomic mass is 9.81. The third-order valence-electron chi connectivity index (χ3n) is 4.56. The highest BCUT2D eigenvalue weighted by atomic mass is 16.5. The molecule has 0 amide bonds. The average molecular weight is 352 g/mol. The molecule has 0 saturated carbocycles. The Labute approximate surface area is 154 Å². The fourth-order valence-corrected chi connectivity index (χ4v) is 3.15. The van der Waals surface area contributed by atoms with Gasteiger partial charge in [0.15, 0.2) is 6.10 Å². The molecule has 0 saturated heterocycles. The van der Waals surface area contributed by atoms with E-state index in [0.29, 0.717) is 0 Å². The van der Waals surface area contributed by atoms with Crippen LogP contribution in [0.3, 0.4) is 0 Å². The summed E-state index contributed by atoms with van der Waals surface area (Å²) >= 11 is 0. The van der Waals surface area contributed by atoms with Crippen LogP contribution >= 0.6 is 0 Å². The number of benzene rings is 2. The zero-order chi connectivity index (χ0) is 18.9. The van der Waals surface area contributed by atoms with Crippen molar-refractivity contribution in [1.29, 1.82) is 0 Å². The lowest BCUT2D eigenvalue weighted by Gasteiger charge is -2.31. The largest absolute Gasteiger partial charge is 0.461 e. The topological polar surface area (TPSA) is 52.6 Å². The summed E-state index contributed by atoms with van der Waals surface area (Å²) in [5.74, 6) is -0.551. The van der Waals surface area contributed by atoms with Crippen molar-refractivity contribution in [3.8, 4) is 0 Å². The standard InChI is InChI=1S/C22H24O4/c1-14(23)25-13-16-9-7-11-18-19(16)12-15-8-5-6-10-17(15)20(18)26-21(24)22(2,3)4/h5-11,20H,12-13H2,1-4H3. The summed E-state index contributed by atoms with van der Waals surface area (Å²) in [6, 6.07) is 13.9. The Morgan fingerprint density at radius 3 is 2.42 bits per heavy atom. The normalized spacial score (nSPS) is 15.6. The molecule has 0 aromatic heterocycles. The van der Waals surface area contributed by atoms with Gasteiger partial charge in [-0.2, -0.15) is 0 Å². The Bertz CT molecular complexity index is 845. The molecule has 0 heterocycles. The first kappa shape index (κ1) is 18.2. The Hall–Kier alpha value is -2.62. The van der Waals surface area contributed by atoms with Crippen molar-refractivity contribution in [2.45, 2.75) is 46.8 Å². The van der Waals surface area contributed by atoms with Crippen LogP contribution < -0.4 is 0 Å². The lowest BCUT2D eigenvalue weighted by Crippen LogP contribution is -2.28. The van der Waals surface area contributed by atoms with Crippen molar-refractivity contribution in [1.82, 2.24) is 0 Å². The fourth-order valence-electron chi connectivity index (χ4n) is 3.15. The molecule has 3 rings (SSSR count). The molecule has 2 aromatic rings. The van der Waals surface area contributed by atoms with Crippen LogP contribution in [-0.4, -0.2) is 11.9 Å². The Morgan fingerprint density at radius 1 is 1.04 bits per heavy atom. The second kappa shape index (κ2) is 6.94. The average Bonchev–Trinajstić information content (AvgIpc) is 2.58. The van der Waals surface area contributed by atoms with Gasteiger partial charge in [-0.15, -0.1) is 0 Å². The molecule has 1 aliphatic carbocycles. The van der Waals surface area contributed by atoms with Gasteiger partial charge in [-0.05, 0) is 43.9 Å². The smallest absolute Gasteiger partial charge is 0.312 e. The van der Waals surface area contributed by atoms with E-state index < -0.39 is 11.5 Å². The molecule has 136 valence electrons. The quantitative estimate of drug-likeness (QED) is 0.772. The van der Waals surface area contributed by atoms with Crippen LogP contribution in [0.5, 0.6) is 0 Å². The van der Waals surface area contributed by atoms with Crippen LogP contribution in [0.4, 0.5) is 0 Å². The van der Waals surface area contributed by atoms with Gasteiger partial charge in [0.05, 0.1) is 5.41 Å². The van der Waals surface area contributed by atoms with Gasteiger partial charge in [0.1, 0.15) is 6.61 Å². The third-order valence-corrected chi connectivity index (χ3v) is 4.56. The summed E-state index contributed by atoms with van der Waals surface area (Å²) in [7, 11) is 0. The number of hydrogen-bond acceptors (Lipinski definition) is 4. The minimum absolute atomic E-state index is 0.223. The summed E-state index contributed by atoms with van der Waals surface area (Å²) in [5.41, 5.74) is 4.54. The van der Waals surface area contributed by atoms with E-state index in [1.54, 1.807) is 0 Å². The molecule has 26 heavy (non-hydrogen) atoms. The predicted octanol–water partition coefficient (Wildman–Crippen LogP) is 4.33. The molecular weight excluding hydrogens is 328 g/mol. The van der Waals surface area contributed by atoms with Crippen LogP contribution in [-0.2, 0) is 32.1 Å². The van der Waals surface area contributed by atoms with Crippen LogP contribution in [0.2, 0.25) is 0 Å². The van der Waals surface area contributed by atoms with Crippen LogP contribution in [0.25, 0.3) is 0 Å². The van der Waals surface area contributed by atoms with Gasteiger partial charge < -0.3 is 9.47 Å². The third kappa shape index (κ3) is 3.64. The maximum Gasteiger partial charge on any atom is 0.312 e. The van der Waals surface area contributed by atoms with E-state index in [1.807, 2.05) is 57.2 Å². The SMILES string of the molecule is CC(=O)OCc1cccc2c1Cc1ccccc1C2OC(=O)C(C)(C)C. The van der Waals surface area contributed by atoms with Gasteiger partial charge in [0, 0.05) is 18.1 Å². The molecule has 4 nitrogen and oxygen atoms in total. The molecule has 0 spiro atoms. The maximum absolute atomic E-state index is 12.6. The highest BCUT2D eigenvalue weighted by Gasteiger charge is 2.33. The van der Waals surface area contributed by atoms with E-state index in [4.69, 9.17) is 9.47 Å². The molecule has 1 aliphatic rings. The number of ether oxygens (including phenoxy) is 2. The first-order valence-corrected chi connectivity index (χ1v) is 8.80. The van der Waals surface area contributed by atoms with E-state index in [9.17, 15) is 9.59 Å². The van der Waals surface area contributed by atoms with Crippen molar-refractivity contribution in [2.75, 3.05) is 0 Å². The first-order valence-electron chi connectivity index (χ1n) is 8.80. The van der Waals surface area contributed by atoms with Crippen molar-refractivity contribution in [3.63, 3.8) is 0 Å². The second-order valence-corrected chi connectivity index (χ2v) is 7.68. The van der Waals surface area contributed by atoms with E-state index in [0.717, 1.165) is 34.2 Å². The van der Waals surface area contributed by atoms with Gasteiger partial charge in [-0.3, -0.25) is 9.59 Å². The highest BCUT2D eigenvalue weighted by Crippen LogP contribution is 2.40. The Balaban J connectivity index is 2.04. The van der Waals surface area contributed by atoms with Crippen LogP contribution in [0, 0.1) is 5.41 Å². The molecule has 0 bridgehead atoms. The Morgan fingerprint density at radius 2 is 1.73 bits per heavy atom. The van der Waals surface area contributed by atoms with Crippen molar-refractivity contribution in [3.05, 3.63) is 70.3 Å². The van der Waals surface area contributed by atoms with E-state index in [-0.39, 0.29) is 18.5 Å². The molecule has 0 aliphatic heterocycles. The monoisotopic (exact) mass is 352 g/mol. The van der Waals surface area contributed by atoms with Crippen LogP contribution in [0.1, 0.15) is 61.6 Å². The molecule has 0 radical (unpaired) electrons. The Kier molecular flexibility index (Phi) is 4.86. The summed E-state index contributed by atoms with van der Waals surface area (Å²) in [6.07, 6.45) is 0.283. The molecule has 4 heteroatoms. The highest BCUT2D eigenvalue weighted by molar-refractivity contribution is 5.76. The lowest BCUT2D eigenvalue weighted by molar-refractivity contribution is -0.157. The van der Waals surface area contributed by atoms with Crippen LogP contribution in [0.15, 0.2) is 42.5 Å². The zero-order valence-electron chi connectivity index (χ0n) is 15.7. The van der Waals surface area contributed by atoms with Gasteiger partial charge in [0.25, 0.3) is 0 Å². The van der Waals surface area contributed by atoms with Crippen molar-refractivity contribution >= 4 is 11.9 Å². The second-order valence-electron chi connectivity index (χ2n) is 7.68. The van der Waals surface area contributed by atoms with Gasteiger partial charge >= 0.3 is 11.9 Å². The number of esters is 2. The molecule has 1 atom stereocenters. The van der Waals surface area contributed by atoms with Crippen molar-refractivity contribution < 1.29 is 19.1 Å². The minimum atomic E-state index is -0.581. The van der Waals surface area contributed by atoms with E-state index in [2.05, 4.69) is 6.07 Å². The molecule has 1 unspecified atom stereocenters. The minimum Gasteiger partial charge on any atom is -0.461 e. The summed E-state index contributed by atoms with van der Waals surface area (Å²) in [5, 5.41) is 0. The summed E-state index contributed by atoms with van der Waals surface area (Å²) in [6.45, 7) is 7.17. The molecular formula is C22H24O4. The van der Waals surface area contributed by atoms with Crippen molar-refractivity contribution in [2.24, 2.45) is 5.41 Å². The number of hydrogen-bond donors (Lipinski definition) is 0. The number of rotatable bonds is 3. The number of fused-ring (bicyclic) bond motifs is 2. The van der Waals surface area contributed by atoms with Gasteiger partial charge in [-0.25, -0.2) is 0 Å². The summed E-state index contributed by atoms with van der Waals surface area (Å²) in [4.78, 5) is 23.8. The molecule has 0 N–H and O–H groups in total. The zero-order valence-corrected chi connectivity index (χ0v) is 15.7. The van der Waals surface area contributed by atoms with E-state index >= 15 is 0 Å². The van der Waals surface area contributed by atoms with Gasteiger partial charge in [0.2, 0.25) is 0 Å². The maximum atomic E-state index is 12.6. The first-order chi connectivity index (χ1) is 12.3. The number of carbonyl (C=O) groups is 2. The fraction of sp³-hybridized carbons (Fsp3) is 0.364. The predicted molar refractivity (Wildman–Crippen MR) is 98.6 cm³/mol. The number of carbonyl (C=O) groups excluding carboxylic acids is 2. The molecule has 2 aromatic carbocycles.